The van der Waals surface area contributed by atoms with Crippen LogP contribution in [-0.4, -0.2) is 59.9 Å². The summed E-state index contributed by atoms with van der Waals surface area (Å²) >= 11 is 5.85. The summed E-state index contributed by atoms with van der Waals surface area (Å²) in [6, 6.07) is 7.33. The Balaban J connectivity index is 1.49. The van der Waals surface area contributed by atoms with E-state index in [2.05, 4.69) is 10.3 Å². The summed E-state index contributed by atoms with van der Waals surface area (Å²) < 4.78 is 96.9. The number of carbonyl (C=O) groups is 2. The van der Waals surface area contributed by atoms with Gasteiger partial charge in [0.15, 0.2) is 9.84 Å². The maximum Gasteiger partial charge on any atom is 0.417 e. The van der Waals surface area contributed by atoms with Crippen molar-refractivity contribution < 1.29 is 40.0 Å². The van der Waals surface area contributed by atoms with Crippen LogP contribution >= 0.6 is 11.6 Å². The van der Waals surface area contributed by atoms with Crippen molar-refractivity contribution in [1.29, 1.82) is 5.26 Å². The summed E-state index contributed by atoms with van der Waals surface area (Å²) in [5, 5.41) is 10.3. The number of benzene rings is 1. The Morgan fingerprint density at radius 3 is 2.27 bits per heavy atom. The van der Waals surface area contributed by atoms with Gasteiger partial charge in [-0.1, -0.05) is 17.7 Å². The van der Waals surface area contributed by atoms with Gasteiger partial charge in [-0.05, 0) is 61.1 Å². The van der Waals surface area contributed by atoms with Crippen molar-refractivity contribution in [1.82, 2.24) is 15.2 Å². The second-order valence-corrected chi connectivity index (χ2v) is 13.2. The van der Waals surface area contributed by atoms with Crippen molar-refractivity contribution in [2.75, 3.05) is 13.1 Å². The first kappa shape index (κ1) is 29.2. The molecule has 2 aliphatic carbocycles. The quantitative estimate of drug-likeness (QED) is 0.383. The first-order chi connectivity index (χ1) is 19.1. The number of pyridine rings is 1. The van der Waals surface area contributed by atoms with Crippen molar-refractivity contribution in [3.8, 4) is 17.2 Å². The molecule has 3 fully saturated rings. The minimum atomic E-state index is -5.09. The van der Waals surface area contributed by atoms with Crippen molar-refractivity contribution in [2.24, 2.45) is 11.8 Å². The predicted octanol–water partition coefficient (Wildman–Crippen LogP) is 4.24. The number of alkyl halides is 5. The van der Waals surface area contributed by atoms with Crippen LogP contribution in [0.2, 0.25) is 5.15 Å². The third-order valence-electron chi connectivity index (χ3n) is 7.75. The Kier molecular flexibility index (Phi) is 7.05. The van der Waals surface area contributed by atoms with Gasteiger partial charge in [0.05, 0.1) is 46.7 Å². The normalized spacial score (nSPS) is 24.7. The summed E-state index contributed by atoms with van der Waals surface area (Å²) in [5.74, 6) is -7.52. The third-order valence-corrected chi connectivity index (χ3v) is 10.2. The molecule has 1 saturated heterocycles. The van der Waals surface area contributed by atoms with E-state index in [4.69, 9.17) is 11.6 Å². The number of nitrogens with one attached hydrogen (secondary N) is 1. The fraction of sp³-hybridized carbons (Fsp3) is 0.462. The summed E-state index contributed by atoms with van der Waals surface area (Å²) in [6.45, 7) is -1.82. The van der Waals surface area contributed by atoms with E-state index in [0.29, 0.717) is 18.9 Å². The molecule has 2 saturated carbocycles. The molecule has 1 aromatic heterocycles. The van der Waals surface area contributed by atoms with Crippen molar-refractivity contribution in [3.63, 3.8) is 0 Å². The minimum Gasteiger partial charge on any atom is -0.338 e. The highest BCUT2D eigenvalue weighted by Crippen LogP contribution is 2.45. The van der Waals surface area contributed by atoms with Crippen LogP contribution in [0.5, 0.6) is 0 Å². The molecule has 3 aliphatic rings. The molecule has 1 aromatic carbocycles. The SMILES string of the molecule is N#CC1(NC(=O)[C@@H]2C[C@@H](S(=O)(=O)c3ccc(-c4ccnc(Cl)c4)cc3C(F)(F)F)C[C@H]2C(=O)N2CC(F)(F)C2)CC1. The lowest BCUT2D eigenvalue weighted by atomic mass is 9.92. The number of aromatic nitrogens is 1. The molecule has 1 N–H and O–H groups in total. The molecule has 0 spiro atoms. The molecule has 5 rings (SSSR count). The third kappa shape index (κ3) is 5.61. The van der Waals surface area contributed by atoms with E-state index < -0.39 is 92.8 Å². The van der Waals surface area contributed by atoms with Crippen molar-refractivity contribution >= 4 is 33.3 Å². The molecule has 0 unspecified atom stereocenters. The van der Waals surface area contributed by atoms with Gasteiger partial charge in [0.2, 0.25) is 11.8 Å². The number of likely N-dealkylation sites (tertiary alicyclic amines) is 1. The monoisotopic (exact) mass is 616 g/mol. The molecule has 0 radical (unpaired) electrons. The Morgan fingerprint density at radius 1 is 1.07 bits per heavy atom. The van der Waals surface area contributed by atoms with Crippen LogP contribution in [-0.2, 0) is 25.6 Å². The van der Waals surface area contributed by atoms with Crippen LogP contribution in [0, 0.1) is 23.2 Å². The molecule has 2 heterocycles. The lowest BCUT2D eigenvalue weighted by Gasteiger charge is -2.40. The Bertz CT molecular complexity index is 1560. The van der Waals surface area contributed by atoms with Crippen LogP contribution < -0.4 is 5.32 Å². The molecule has 41 heavy (non-hydrogen) atoms. The van der Waals surface area contributed by atoms with Crippen LogP contribution in [0.3, 0.4) is 0 Å². The largest absolute Gasteiger partial charge is 0.417 e. The molecule has 2 amide bonds. The summed E-state index contributed by atoms with van der Waals surface area (Å²) in [5.41, 5.74) is -2.31. The summed E-state index contributed by atoms with van der Waals surface area (Å²) in [7, 11) is -4.79. The lowest BCUT2D eigenvalue weighted by molar-refractivity contribution is -0.171. The highest BCUT2D eigenvalue weighted by molar-refractivity contribution is 7.92. The Hall–Kier alpha value is -3.31. The fourth-order valence-electron chi connectivity index (χ4n) is 5.37. The van der Waals surface area contributed by atoms with E-state index in [0.717, 1.165) is 11.0 Å². The highest BCUT2D eigenvalue weighted by Gasteiger charge is 2.55. The maximum absolute atomic E-state index is 14.2. The number of amides is 2. The second kappa shape index (κ2) is 9.90. The van der Waals surface area contributed by atoms with Gasteiger partial charge in [-0.15, -0.1) is 0 Å². The van der Waals surface area contributed by atoms with E-state index in [1.54, 1.807) is 0 Å². The molecule has 218 valence electrons. The number of hydrogen-bond donors (Lipinski definition) is 1. The summed E-state index contributed by atoms with van der Waals surface area (Å²) in [4.78, 5) is 29.8. The van der Waals surface area contributed by atoms with Crippen LogP contribution in [0.15, 0.2) is 41.4 Å². The second-order valence-electron chi connectivity index (χ2n) is 10.7. The number of hydrogen-bond acceptors (Lipinski definition) is 6. The molecular weight excluding hydrogens is 595 g/mol. The maximum atomic E-state index is 14.2. The van der Waals surface area contributed by atoms with Gasteiger partial charge in [0.25, 0.3) is 5.92 Å². The van der Waals surface area contributed by atoms with Gasteiger partial charge in [0, 0.05) is 6.20 Å². The van der Waals surface area contributed by atoms with E-state index in [1.165, 1.54) is 24.4 Å². The lowest BCUT2D eigenvalue weighted by Crippen LogP contribution is -2.60. The van der Waals surface area contributed by atoms with Gasteiger partial charge >= 0.3 is 6.18 Å². The van der Waals surface area contributed by atoms with Crippen LogP contribution in [0.4, 0.5) is 22.0 Å². The molecule has 3 atom stereocenters. The molecule has 8 nitrogen and oxygen atoms in total. The first-order valence-corrected chi connectivity index (χ1v) is 14.4. The van der Waals surface area contributed by atoms with Gasteiger partial charge in [-0.2, -0.15) is 18.4 Å². The zero-order chi connectivity index (χ0) is 30.0. The van der Waals surface area contributed by atoms with E-state index in [-0.39, 0.29) is 16.3 Å². The van der Waals surface area contributed by atoms with Crippen LogP contribution in [0.1, 0.15) is 31.2 Å². The zero-order valence-corrected chi connectivity index (χ0v) is 22.7. The molecular formula is C26H22ClF5N4O4S. The average molecular weight is 617 g/mol. The van der Waals surface area contributed by atoms with E-state index >= 15 is 0 Å². The van der Waals surface area contributed by atoms with Gasteiger partial charge in [-0.25, -0.2) is 22.2 Å². The number of carbonyl (C=O) groups excluding carboxylic acids is 2. The fourth-order valence-corrected chi connectivity index (χ4v) is 7.56. The average Bonchev–Trinajstić information content (AvgIpc) is 3.50. The Labute approximate surface area is 236 Å². The Morgan fingerprint density at radius 2 is 1.71 bits per heavy atom. The number of nitrogens with zero attached hydrogens (tertiary/aromatic N) is 3. The zero-order valence-electron chi connectivity index (χ0n) is 21.1. The van der Waals surface area contributed by atoms with E-state index in [1.807, 2.05) is 6.07 Å². The van der Waals surface area contributed by atoms with E-state index in [9.17, 15) is 45.2 Å². The van der Waals surface area contributed by atoms with Crippen molar-refractivity contribution in [3.05, 3.63) is 47.2 Å². The van der Waals surface area contributed by atoms with Gasteiger partial charge in [0.1, 0.15) is 10.7 Å². The molecule has 2 aromatic rings. The molecule has 0 bridgehead atoms. The summed E-state index contributed by atoms with van der Waals surface area (Å²) in [6.07, 6.45) is -4.19. The number of nitriles is 1. The minimum absolute atomic E-state index is 0.0167. The standard InChI is InChI=1S/C26H22ClF5N4O4S/c27-21-8-15(3-6-34-21)14-1-2-20(19(7-14)26(30,31)32)41(39,40)16-9-17(22(37)35-24(11-33)4-5-24)18(10-16)23(38)36-12-25(28,29)13-36/h1-3,6-8,16-18H,4-5,9-10,12-13H2,(H,35,37)/t16-,17-,18-/m1/s1. The van der Waals surface area contributed by atoms with Gasteiger partial charge in [-0.3, -0.25) is 9.59 Å². The number of halogens is 6. The van der Waals surface area contributed by atoms with Gasteiger partial charge < -0.3 is 10.2 Å². The van der Waals surface area contributed by atoms with Crippen molar-refractivity contribution in [2.45, 2.75) is 53.5 Å². The number of rotatable bonds is 6. The van der Waals surface area contributed by atoms with Crippen LogP contribution in [0.25, 0.3) is 11.1 Å². The highest BCUT2D eigenvalue weighted by atomic mass is 35.5. The smallest absolute Gasteiger partial charge is 0.338 e. The molecule has 1 aliphatic heterocycles. The topological polar surface area (TPSA) is 120 Å². The number of sulfone groups is 1. The first-order valence-electron chi connectivity index (χ1n) is 12.5. The predicted molar refractivity (Wildman–Crippen MR) is 134 cm³/mol. The molecule has 15 heteroatoms.